The van der Waals surface area contributed by atoms with Crippen LogP contribution in [0.25, 0.3) is 0 Å². The summed E-state index contributed by atoms with van der Waals surface area (Å²) in [5, 5.41) is 2.17. The number of rotatable bonds is 5. The molecule has 0 unspecified atom stereocenters. The highest BCUT2D eigenvalue weighted by Crippen LogP contribution is 2.23. The second-order valence-corrected chi connectivity index (χ2v) is 7.17. The minimum absolute atomic E-state index is 0.232. The average Bonchev–Trinajstić information content (AvgIpc) is 2.99. The Kier molecular flexibility index (Phi) is 5.19. The summed E-state index contributed by atoms with van der Waals surface area (Å²) in [6.07, 6.45) is 0.467. The van der Waals surface area contributed by atoms with E-state index in [2.05, 4.69) is 5.32 Å². The molecule has 1 N–H and O–H groups in total. The fraction of sp³-hybridized carbons (Fsp3) is 0.500. The lowest BCUT2D eigenvalue weighted by Crippen LogP contribution is -2.40. The van der Waals surface area contributed by atoms with Gasteiger partial charge in [-0.15, -0.1) is 0 Å². The molecule has 0 aliphatic carbocycles. The number of sulfone groups is 1. The molecule has 0 spiro atoms. The third kappa shape index (κ3) is 3.74. The minimum atomic E-state index is -3.38. The number of hydrogen-bond donors (Lipinski definition) is 1. The van der Waals surface area contributed by atoms with E-state index in [4.69, 9.17) is 4.74 Å². The monoisotopic (exact) mass is 312 g/mol. The van der Waals surface area contributed by atoms with Crippen LogP contribution in [-0.4, -0.2) is 57.9 Å². The molecule has 116 valence electrons. The molecule has 1 atom stereocenters. The summed E-state index contributed by atoms with van der Waals surface area (Å²) in [6.45, 7) is 1.54. The Morgan fingerprint density at radius 3 is 2.76 bits per heavy atom. The summed E-state index contributed by atoms with van der Waals surface area (Å²) in [4.78, 5) is 13.8. The maximum Gasteiger partial charge on any atom is 0.317 e. The highest BCUT2D eigenvalue weighted by atomic mass is 32.2. The number of hydrogen-bond acceptors (Lipinski definition) is 4. The molecule has 1 aromatic rings. The fourth-order valence-corrected chi connectivity index (χ4v) is 4.05. The molecule has 1 fully saturated rings. The largest absolute Gasteiger partial charge is 0.383 e. The van der Waals surface area contributed by atoms with Crippen molar-refractivity contribution in [2.45, 2.75) is 16.6 Å². The van der Waals surface area contributed by atoms with Crippen molar-refractivity contribution in [3.63, 3.8) is 0 Å². The van der Waals surface area contributed by atoms with Crippen molar-refractivity contribution >= 4 is 15.9 Å². The molecule has 0 radical (unpaired) electrons. The molecule has 0 aromatic heterocycles. The van der Waals surface area contributed by atoms with Crippen LogP contribution in [-0.2, 0) is 14.6 Å². The molecule has 2 rings (SSSR count). The van der Waals surface area contributed by atoms with E-state index in [1.165, 1.54) is 0 Å². The van der Waals surface area contributed by atoms with Crippen molar-refractivity contribution in [2.24, 2.45) is 0 Å². The van der Waals surface area contributed by atoms with Crippen LogP contribution in [0.1, 0.15) is 6.42 Å². The quantitative estimate of drug-likeness (QED) is 0.819. The van der Waals surface area contributed by atoms with Crippen LogP contribution in [0.3, 0.4) is 0 Å². The van der Waals surface area contributed by atoms with E-state index in [1.807, 2.05) is 0 Å². The molecule has 0 saturated carbocycles. The molecule has 1 saturated heterocycles. The molecule has 0 bridgehead atoms. The Morgan fingerprint density at radius 1 is 1.38 bits per heavy atom. The number of carbonyl (C=O) groups excluding carboxylic acids is 1. The van der Waals surface area contributed by atoms with E-state index >= 15 is 0 Å². The number of urea groups is 1. The van der Waals surface area contributed by atoms with Crippen molar-refractivity contribution < 1.29 is 17.9 Å². The summed E-state index contributed by atoms with van der Waals surface area (Å²) < 4.78 is 29.8. The maximum absolute atomic E-state index is 12.5. The first-order chi connectivity index (χ1) is 10.1. The van der Waals surface area contributed by atoms with Crippen LogP contribution < -0.4 is 5.32 Å². The average molecular weight is 312 g/mol. The van der Waals surface area contributed by atoms with Crippen LogP contribution in [0, 0.1) is 0 Å². The smallest absolute Gasteiger partial charge is 0.317 e. The van der Waals surface area contributed by atoms with Gasteiger partial charge in [-0.3, -0.25) is 0 Å². The lowest BCUT2D eigenvalue weighted by Gasteiger charge is -2.17. The van der Waals surface area contributed by atoms with Gasteiger partial charge in [0.25, 0.3) is 0 Å². The summed E-state index contributed by atoms with van der Waals surface area (Å²) in [5.74, 6) is 0. The van der Waals surface area contributed by atoms with Crippen LogP contribution in [0.4, 0.5) is 4.79 Å². The number of nitrogens with one attached hydrogen (secondary N) is 1. The van der Waals surface area contributed by atoms with Gasteiger partial charge >= 0.3 is 6.03 Å². The molecule has 1 aliphatic rings. The van der Waals surface area contributed by atoms with Crippen LogP contribution in [0.5, 0.6) is 0 Å². The number of methoxy groups -OCH3 is 1. The first kappa shape index (κ1) is 15.8. The topological polar surface area (TPSA) is 75.7 Å². The van der Waals surface area contributed by atoms with Gasteiger partial charge < -0.3 is 15.0 Å². The zero-order valence-corrected chi connectivity index (χ0v) is 12.8. The molecular weight excluding hydrogens is 292 g/mol. The molecule has 1 aromatic carbocycles. The van der Waals surface area contributed by atoms with E-state index in [0.717, 1.165) is 0 Å². The predicted molar refractivity (Wildman–Crippen MR) is 78.9 cm³/mol. The number of nitrogens with zero attached hydrogens (tertiary/aromatic N) is 1. The van der Waals surface area contributed by atoms with Gasteiger partial charge in [0.1, 0.15) is 0 Å². The van der Waals surface area contributed by atoms with Gasteiger partial charge in [0.15, 0.2) is 9.84 Å². The molecule has 21 heavy (non-hydrogen) atoms. The summed E-state index contributed by atoms with van der Waals surface area (Å²) in [7, 11) is -1.82. The zero-order valence-electron chi connectivity index (χ0n) is 12.0. The van der Waals surface area contributed by atoms with E-state index in [9.17, 15) is 13.2 Å². The van der Waals surface area contributed by atoms with Gasteiger partial charge in [-0.25, -0.2) is 13.2 Å². The highest BCUT2D eigenvalue weighted by molar-refractivity contribution is 7.92. The van der Waals surface area contributed by atoms with Crippen molar-refractivity contribution in [2.75, 3.05) is 33.4 Å². The minimum Gasteiger partial charge on any atom is -0.383 e. The first-order valence-corrected chi connectivity index (χ1v) is 8.41. The number of carbonyl (C=O) groups is 1. The number of ether oxygens (including phenoxy) is 1. The third-order valence-electron chi connectivity index (χ3n) is 3.53. The molecule has 6 nitrogen and oxygen atoms in total. The molecule has 2 amide bonds. The molecule has 1 aliphatic heterocycles. The van der Waals surface area contributed by atoms with Gasteiger partial charge in [-0.2, -0.15) is 0 Å². The van der Waals surface area contributed by atoms with Gasteiger partial charge in [0.2, 0.25) is 0 Å². The Morgan fingerprint density at radius 2 is 2.10 bits per heavy atom. The Bertz CT molecular complexity index is 574. The SMILES string of the molecule is COCCNC(=O)N1CC[C@H](S(=O)(=O)c2ccccc2)C1. The van der Waals surface area contributed by atoms with E-state index < -0.39 is 15.1 Å². The number of amides is 2. The molecular formula is C14H20N2O4S. The summed E-state index contributed by atoms with van der Waals surface area (Å²) in [6, 6.07) is 8.14. The van der Waals surface area contributed by atoms with E-state index in [0.29, 0.717) is 31.0 Å². The van der Waals surface area contributed by atoms with Gasteiger partial charge in [0, 0.05) is 26.7 Å². The second-order valence-electron chi connectivity index (χ2n) is 4.94. The fourth-order valence-electron chi connectivity index (χ4n) is 2.34. The highest BCUT2D eigenvalue weighted by Gasteiger charge is 2.35. The van der Waals surface area contributed by atoms with Crippen LogP contribution in [0.15, 0.2) is 35.2 Å². The summed E-state index contributed by atoms with van der Waals surface area (Å²) >= 11 is 0. The number of benzene rings is 1. The van der Waals surface area contributed by atoms with Crippen molar-refractivity contribution in [3.8, 4) is 0 Å². The zero-order chi connectivity index (χ0) is 15.3. The third-order valence-corrected chi connectivity index (χ3v) is 5.72. The van der Waals surface area contributed by atoms with Crippen molar-refractivity contribution in [1.82, 2.24) is 10.2 Å². The standard InChI is InChI=1S/C14H20N2O4S/c1-20-10-8-15-14(17)16-9-7-13(11-16)21(18,19)12-5-3-2-4-6-12/h2-6,13H,7-11H2,1H3,(H,15,17)/t13-/m0/s1. The van der Waals surface area contributed by atoms with E-state index in [1.54, 1.807) is 42.3 Å². The van der Waals surface area contributed by atoms with Crippen molar-refractivity contribution in [3.05, 3.63) is 30.3 Å². The summed E-state index contributed by atoms with van der Waals surface area (Å²) in [5.41, 5.74) is 0. The molecule has 1 heterocycles. The van der Waals surface area contributed by atoms with Gasteiger partial charge in [0.05, 0.1) is 16.8 Å². The lowest BCUT2D eigenvalue weighted by atomic mass is 10.4. The maximum atomic E-state index is 12.5. The lowest BCUT2D eigenvalue weighted by molar-refractivity contribution is 0.185. The van der Waals surface area contributed by atoms with Gasteiger partial charge in [-0.1, -0.05) is 18.2 Å². The second kappa shape index (κ2) is 6.91. The predicted octanol–water partition coefficient (Wildman–Crippen LogP) is 0.891. The Hall–Kier alpha value is -1.60. The first-order valence-electron chi connectivity index (χ1n) is 6.86. The van der Waals surface area contributed by atoms with Crippen LogP contribution >= 0.6 is 0 Å². The van der Waals surface area contributed by atoms with E-state index in [-0.39, 0.29) is 12.6 Å². The van der Waals surface area contributed by atoms with Gasteiger partial charge in [-0.05, 0) is 18.6 Å². The normalized spacial score (nSPS) is 18.7. The molecule has 7 heteroatoms. The Labute approximate surface area is 125 Å². The van der Waals surface area contributed by atoms with Crippen molar-refractivity contribution in [1.29, 1.82) is 0 Å². The Balaban J connectivity index is 1.97. The number of likely N-dealkylation sites (tertiary alicyclic amines) is 1. The van der Waals surface area contributed by atoms with Crippen LogP contribution in [0.2, 0.25) is 0 Å².